The van der Waals surface area contributed by atoms with Crippen LogP contribution in [0.25, 0.3) is 0 Å². The summed E-state index contributed by atoms with van der Waals surface area (Å²) in [6.07, 6.45) is 1.45. The number of nitrogens with zero attached hydrogens (tertiary/aromatic N) is 1. The minimum atomic E-state index is 0.180. The first-order chi connectivity index (χ1) is 8.41. The minimum absolute atomic E-state index is 0.180. The fraction of sp³-hybridized carbons (Fsp3) is 0.643. The fourth-order valence-electron chi connectivity index (χ4n) is 1.97. The summed E-state index contributed by atoms with van der Waals surface area (Å²) in [7, 11) is 3.58. The van der Waals surface area contributed by atoms with E-state index in [1.54, 1.807) is 19.0 Å². The lowest BCUT2D eigenvalue weighted by molar-refractivity contribution is -0.128. The molecule has 0 bridgehead atoms. The maximum atomic E-state index is 11.4. The molecule has 1 atom stereocenters. The van der Waals surface area contributed by atoms with Crippen molar-refractivity contribution < 1.29 is 9.21 Å². The van der Waals surface area contributed by atoms with Crippen molar-refractivity contribution in [3.05, 3.63) is 23.2 Å². The van der Waals surface area contributed by atoms with E-state index >= 15 is 0 Å². The third kappa shape index (κ3) is 4.18. The molecule has 0 aliphatic carbocycles. The normalized spacial score (nSPS) is 12.5. The SMILES string of the molecule is Cc1cc(C(C)NCCCC(=O)N(C)C)c(C)o1. The summed E-state index contributed by atoms with van der Waals surface area (Å²) < 4.78 is 5.51. The predicted molar refractivity (Wildman–Crippen MR) is 72.5 cm³/mol. The van der Waals surface area contributed by atoms with Gasteiger partial charge < -0.3 is 14.6 Å². The largest absolute Gasteiger partial charge is 0.466 e. The number of aryl methyl sites for hydroxylation is 2. The van der Waals surface area contributed by atoms with E-state index in [1.165, 1.54) is 5.56 Å². The van der Waals surface area contributed by atoms with Crippen molar-refractivity contribution >= 4 is 5.91 Å². The Morgan fingerprint density at radius 3 is 2.61 bits per heavy atom. The highest BCUT2D eigenvalue weighted by molar-refractivity contribution is 5.75. The number of nitrogens with one attached hydrogen (secondary N) is 1. The number of rotatable bonds is 6. The topological polar surface area (TPSA) is 45.5 Å². The van der Waals surface area contributed by atoms with Gasteiger partial charge in [0.05, 0.1) is 0 Å². The molecule has 1 rings (SSSR count). The molecule has 1 aromatic heterocycles. The van der Waals surface area contributed by atoms with Crippen LogP contribution in [-0.2, 0) is 4.79 Å². The van der Waals surface area contributed by atoms with Gasteiger partial charge in [0.15, 0.2) is 0 Å². The molecule has 4 nitrogen and oxygen atoms in total. The molecule has 1 unspecified atom stereocenters. The van der Waals surface area contributed by atoms with Crippen LogP contribution in [0.3, 0.4) is 0 Å². The van der Waals surface area contributed by atoms with Crippen molar-refractivity contribution in [1.29, 1.82) is 0 Å². The second kappa shape index (κ2) is 6.59. The van der Waals surface area contributed by atoms with E-state index in [1.807, 2.05) is 13.8 Å². The lowest BCUT2D eigenvalue weighted by Gasteiger charge is -2.14. The second-order valence-corrected chi connectivity index (χ2v) is 4.94. The lowest BCUT2D eigenvalue weighted by atomic mass is 10.1. The summed E-state index contributed by atoms with van der Waals surface area (Å²) in [5.41, 5.74) is 1.20. The van der Waals surface area contributed by atoms with Gasteiger partial charge in [0, 0.05) is 32.1 Å². The Balaban J connectivity index is 2.32. The van der Waals surface area contributed by atoms with Gasteiger partial charge in [0.25, 0.3) is 0 Å². The first-order valence-electron chi connectivity index (χ1n) is 6.42. The first kappa shape index (κ1) is 14.8. The van der Waals surface area contributed by atoms with Crippen molar-refractivity contribution in [2.45, 2.75) is 39.7 Å². The molecule has 1 amide bonds. The molecule has 4 heteroatoms. The smallest absolute Gasteiger partial charge is 0.222 e. The Kier molecular flexibility index (Phi) is 5.41. The standard InChI is InChI=1S/C14H24N2O2/c1-10-9-13(12(3)18-10)11(2)15-8-6-7-14(17)16(4)5/h9,11,15H,6-8H2,1-5H3. The summed E-state index contributed by atoms with van der Waals surface area (Å²) in [6, 6.07) is 2.33. The van der Waals surface area contributed by atoms with E-state index in [0.717, 1.165) is 24.5 Å². The third-order valence-electron chi connectivity index (χ3n) is 3.06. The Labute approximate surface area is 109 Å². The number of hydrogen-bond donors (Lipinski definition) is 1. The minimum Gasteiger partial charge on any atom is -0.466 e. The number of furan rings is 1. The molecule has 102 valence electrons. The van der Waals surface area contributed by atoms with Crippen LogP contribution in [0.15, 0.2) is 10.5 Å². The Morgan fingerprint density at radius 2 is 2.11 bits per heavy atom. The van der Waals surface area contributed by atoms with E-state index in [2.05, 4.69) is 18.3 Å². The van der Waals surface area contributed by atoms with Crippen molar-refractivity contribution in [3.63, 3.8) is 0 Å². The fourth-order valence-corrected chi connectivity index (χ4v) is 1.97. The van der Waals surface area contributed by atoms with E-state index < -0.39 is 0 Å². The summed E-state index contributed by atoms with van der Waals surface area (Å²) >= 11 is 0. The first-order valence-corrected chi connectivity index (χ1v) is 6.42. The van der Waals surface area contributed by atoms with E-state index in [-0.39, 0.29) is 11.9 Å². The Morgan fingerprint density at radius 1 is 1.44 bits per heavy atom. The second-order valence-electron chi connectivity index (χ2n) is 4.94. The molecular formula is C14H24N2O2. The van der Waals surface area contributed by atoms with Crippen molar-refractivity contribution in [1.82, 2.24) is 10.2 Å². The molecule has 0 fully saturated rings. The highest BCUT2D eigenvalue weighted by atomic mass is 16.3. The van der Waals surface area contributed by atoms with E-state index in [4.69, 9.17) is 4.42 Å². The van der Waals surface area contributed by atoms with Crippen LogP contribution in [0.2, 0.25) is 0 Å². The number of amides is 1. The van der Waals surface area contributed by atoms with Crippen molar-refractivity contribution in [3.8, 4) is 0 Å². The average Bonchev–Trinajstić information content (AvgIpc) is 2.63. The van der Waals surface area contributed by atoms with Gasteiger partial charge in [-0.25, -0.2) is 0 Å². The van der Waals surface area contributed by atoms with Gasteiger partial charge in [-0.05, 0) is 39.8 Å². The van der Waals surface area contributed by atoms with Crippen molar-refractivity contribution in [2.75, 3.05) is 20.6 Å². The summed E-state index contributed by atoms with van der Waals surface area (Å²) in [4.78, 5) is 13.0. The van der Waals surface area contributed by atoms with Gasteiger partial charge in [-0.15, -0.1) is 0 Å². The van der Waals surface area contributed by atoms with Crippen LogP contribution in [0, 0.1) is 13.8 Å². The van der Waals surface area contributed by atoms with Gasteiger partial charge in [-0.1, -0.05) is 0 Å². The molecule has 0 aliphatic rings. The number of hydrogen-bond acceptors (Lipinski definition) is 3. The highest BCUT2D eigenvalue weighted by Crippen LogP contribution is 2.20. The van der Waals surface area contributed by atoms with Crippen LogP contribution in [0.1, 0.15) is 42.9 Å². The van der Waals surface area contributed by atoms with Gasteiger partial charge in [-0.2, -0.15) is 0 Å². The molecule has 0 spiro atoms. The quantitative estimate of drug-likeness (QED) is 0.791. The maximum Gasteiger partial charge on any atom is 0.222 e. The molecule has 0 radical (unpaired) electrons. The molecule has 0 saturated heterocycles. The van der Waals surface area contributed by atoms with Crippen LogP contribution in [-0.4, -0.2) is 31.4 Å². The highest BCUT2D eigenvalue weighted by Gasteiger charge is 2.12. The Hall–Kier alpha value is -1.29. The van der Waals surface area contributed by atoms with Crippen LogP contribution >= 0.6 is 0 Å². The molecule has 1 aromatic rings. The van der Waals surface area contributed by atoms with E-state index in [0.29, 0.717) is 6.42 Å². The van der Waals surface area contributed by atoms with E-state index in [9.17, 15) is 4.79 Å². The molecule has 0 saturated carbocycles. The summed E-state index contributed by atoms with van der Waals surface area (Å²) in [5.74, 6) is 2.09. The van der Waals surface area contributed by atoms with Gasteiger partial charge in [0.1, 0.15) is 11.5 Å². The monoisotopic (exact) mass is 252 g/mol. The van der Waals surface area contributed by atoms with Crippen LogP contribution in [0.4, 0.5) is 0 Å². The van der Waals surface area contributed by atoms with Crippen molar-refractivity contribution in [2.24, 2.45) is 0 Å². The van der Waals surface area contributed by atoms with Gasteiger partial charge >= 0.3 is 0 Å². The zero-order chi connectivity index (χ0) is 13.7. The summed E-state index contributed by atoms with van der Waals surface area (Å²) in [6.45, 7) is 6.89. The third-order valence-corrected chi connectivity index (χ3v) is 3.06. The van der Waals surface area contributed by atoms with Gasteiger partial charge in [0.2, 0.25) is 5.91 Å². The molecule has 1 N–H and O–H groups in total. The average molecular weight is 252 g/mol. The van der Waals surface area contributed by atoms with Gasteiger partial charge in [-0.3, -0.25) is 4.79 Å². The molecule has 0 aromatic carbocycles. The van der Waals surface area contributed by atoms with Crippen LogP contribution < -0.4 is 5.32 Å². The number of carbonyl (C=O) groups is 1. The van der Waals surface area contributed by atoms with Crippen LogP contribution in [0.5, 0.6) is 0 Å². The zero-order valence-electron chi connectivity index (χ0n) is 12.0. The zero-order valence-corrected chi connectivity index (χ0v) is 12.0. The summed E-state index contributed by atoms with van der Waals surface area (Å²) in [5, 5.41) is 3.42. The Bertz CT molecular complexity index is 396. The molecular weight excluding hydrogens is 228 g/mol. The molecule has 1 heterocycles. The lowest BCUT2D eigenvalue weighted by Crippen LogP contribution is -2.24. The predicted octanol–water partition coefficient (Wildman–Crippen LogP) is 2.42. The molecule has 18 heavy (non-hydrogen) atoms. The maximum absolute atomic E-state index is 11.4. The molecule has 0 aliphatic heterocycles. The number of carbonyl (C=O) groups excluding carboxylic acids is 1.